The summed E-state index contributed by atoms with van der Waals surface area (Å²) in [6.07, 6.45) is 1.43. The molecule has 1 aromatic carbocycles. The van der Waals surface area contributed by atoms with Gasteiger partial charge in [0.05, 0.1) is 11.4 Å². The van der Waals surface area contributed by atoms with Crippen LogP contribution >= 0.6 is 0 Å². The van der Waals surface area contributed by atoms with Gasteiger partial charge in [-0.15, -0.1) is 6.58 Å². The fraction of sp³-hybridized carbons (Fsp3) is 0.176. The highest BCUT2D eigenvalue weighted by Crippen LogP contribution is 2.19. The Bertz CT molecular complexity index is 952. The second-order valence-electron chi connectivity index (χ2n) is 5.28. The normalized spacial score (nSPS) is 11.2. The lowest BCUT2D eigenvalue weighted by atomic mass is 10.2. The van der Waals surface area contributed by atoms with Gasteiger partial charge in [0.15, 0.2) is 0 Å². The van der Waals surface area contributed by atoms with Crippen LogP contribution in [0.1, 0.15) is 19.4 Å². The lowest BCUT2D eigenvalue weighted by molar-refractivity contribution is -0.114. The van der Waals surface area contributed by atoms with E-state index in [1.807, 2.05) is 0 Å². The molecule has 2 rings (SSSR count). The fourth-order valence-electron chi connectivity index (χ4n) is 2.26. The zero-order valence-electron chi connectivity index (χ0n) is 13.9. The van der Waals surface area contributed by atoms with Gasteiger partial charge in [0, 0.05) is 19.2 Å². The molecule has 8 heteroatoms. The Balaban J connectivity index is 2.44. The number of aromatic hydroxyl groups is 1. The van der Waals surface area contributed by atoms with Crippen LogP contribution in [0.3, 0.4) is 0 Å². The number of allylic oxidation sites excluding steroid dienone is 1. The number of rotatable bonds is 5. The van der Waals surface area contributed by atoms with E-state index in [9.17, 15) is 19.5 Å². The van der Waals surface area contributed by atoms with Gasteiger partial charge in [0.2, 0.25) is 11.8 Å². The number of amides is 1. The number of anilines is 1. The van der Waals surface area contributed by atoms with Gasteiger partial charge in [0.1, 0.15) is 5.56 Å². The topological polar surface area (TPSA) is 117 Å². The maximum atomic E-state index is 12.0. The van der Waals surface area contributed by atoms with Crippen LogP contribution in [0.25, 0.3) is 0 Å². The Hall–Kier alpha value is -3.42. The third kappa shape index (κ3) is 4.11. The minimum absolute atomic E-state index is 0.0487. The summed E-state index contributed by atoms with van der Waals surface area (Å²) in [5, 5.41) is 12.9. The summed E-state index contributed by atoms with van der Waals surface area (Å²) in [6.45, 7) is 6.51. The largest absolute Gasteiger partial charge is 0.494 e. The number of nitrogens with one attached hydrogen (secondary N) is 2. The molecule has 25 heavy (non-hydrogen) atoms. The Kier molecular flexibility index (Phi) is 5.33. The minimum atomic E-state index is -0.724. The van der Waals surface area contributed by atoms with Gasteiger partial charge in [-0.05, 0) is 31.2 Å². The van der Waals surface area contributed by atoms with Gasteiger partial charge >= 0.3 is 5.69 Å². The molecule has 1 aromatic heterocycles. The van der Waals surface area contributed by atoms with Crippen molar-refractivity contribution in [3.8, 4) is 5.88 Å². The molecule has 1 heterocycles. The molecular weight excluding hydrogens is 324 g/mol. The SMILES string of the molecule is C=CCn1c(O)c(C(C)=Nc2ccc(NC(C)=O)cc2)c(=O)[nH]c1=O. The van der Waals surface area contributed by atoms with Crippen LogP contribution in [-0.4, -0.2) is 26.3 Å². The number of hydrogen-bond acceptors (Lipinski definition) is 5. The molecule has 0 atom stereocenters. The number of aliphatic imine (C=N–C) groups is 1. The summed E-state index contributed by atoms with van der Waals surface area (Å²) in [4.78, 5) is 41.2. The molecule has 0 radical (unpaired) electrons. The number of nitrogens with zero attached hydrogens (tertiary/aromatic N) is 2. The number of carbonyl (C=O) groups is 1. The van der Waals surface area contributed by atoms with Crippen LogP contribution < -0.4 is 16.6 Å². The summed E-state index contributed by atoms with van der Waals surface area (Å²) in [5.41, 5.74) is -0.162. The van der Waals surface area contributed by atoms with Gasteiger partial charge < -0.3 is 10.4 Å². The van der Waals surface area contributed by atoms with Crippen molar-refractivity contribution < 1.29 is 9.90 Å². The molecule has 0 saturated heterocycles. The van der Waals surface area contributed by atoms with Crippen LogP contribution in [0.4, 0.5) is 11.4 Å². The van der Waals surface area contributed by atoms with Crippen molar-refractivity contribution in [2.45, 2.75) is 20.4 Å². The number of H-pyrrole nitrogens is 1. The van der Waals surface area contributed by atoms with Crippen molar-refractivity contribution in [3.63, 3.8) is 0 Å². The van der Waals surface area contributed by atoms with Crippen molar-refractivity contribution >= 4 is 23.0 Å². The Morgan fingerprint density at radius 1 is 1.32 bits per heavy atom. The Morgan fingerprint density at radius 2 is 1.96 bits per heavy atom. The fourth-order valence-corrected chi connectivity index (χ4v) is 2.26. The Morgan fingerprint density at radius 3 is 2.52 bits per heavy atom. The van der Waals surface area contributed by atoms with Gasteiger partial charge in [-0.1, -0.05) is 6.08 Å². The molecular formula is C17H18N4O4. The molecule has 0 unspecified atom stereocenters. The number of benzene rings is 1. The number of hydrogen-bond donors (Lipinski definition) is 3. The van der Waals surface area contributed by atoms with Gasteiger partial charge in [-0.2, -0.15) is 0 Å². The van der Waals surface area contributed by atoms with Crippen LogP contribution in [0.15, 0.2) is 51.5 Å². The third-order valence-corrected chi connectivity index (χ3v) is 3.33. The summed E-state index contributed by atoms with van der Waals surface area (Å²) in [5.74, 6) is -0.655. The van der Waals surface area contributed by atoms with E-state index in [0.717, 1.165) is 4.57 Å². The summed E-state index contributed by atoms with van der Waals surface area (Å²) < 4.78 is 0.989. The van der Waals surface area contributed by atoms with Crippen molar-refractivity contribution in [2.75, 3.05) is 5.32 Å². The molecule has 0 bridgehead atoms. The van der Waals surface area contributed by atoms with E-state index in [1.165, 1.54) is 13.0 Å². The zero-order valence-corrected chi connectivity index (χ0v) is 13.9. The average Bonchev–Trinajstić information content (AvgIpc) is 2.52. The maximum Gasteiger partial charge on any atom is 0.331 e. The number of aromatic amines is 1. The van der Waals surface area contributed by atoms with Crippen LogP contribution in [0, 0.1) is 0 Å². The number of carbonyl (C=O) groups excluding carboxylic acids is 1. The Labute approximate surface area is 143 Å². The molecule has 3 N–H and O–H groups in total. The van der Waals surface area contributed by atoms with Crippen LogP contribution in [-0.2, 0) is 11.3 Å². The third-order valence-electron chi connectivity index (χ3n) is 3.33. The first kappa shape index (κ1) is 17.9. The van der Waals surface area contributed by atoms with E-state index in [1.54, 1.807) is 31.2 Å². The molecule has 0 aliphatic rings. The minimum Gasteiger partial charge on any atom is -0.494 e. The first-order chi connectivity index (χ1) is 11.8. The monoisotopic (exact) mass is 342 g/mol. The van der Waals surface area contributed by atoms with Gasteiger partial charge in [-0.25, -0.2) is 4.79 Å². The molecule has 2 aromatic rings. The molecule has 0 spiro atoms. The highest BCUT2D eigenvalue weighted by Gasteiger charge is 2.16. The molecule has 1 amide bonds. The highest BCUT2D eigenvalue weighted by atomic mass is 16.3. The molecule has 0 saturated carbocycles. The predicted octanol–water partition coefficient (Wildman–Crippen LogP) is 1.53. The van der Waals surface area contributed by atoms with E-state index >= 15 is 0 Å². The lowest BCUT2D eigenvalue weighted by Crippen LogP contribution is -2.33. The first-order valence-electron chi connectivity index (χ1n) is 7.43. The van der Waals surface area contributed by atoms with E-state index in [-0.39, 0.29) is 23.7 Å². The van der Waals surface area contributed by atoms with E-state index in [2.05, 4.69) is 21.9 Å². The maximum absolute atomic E-state index is 12.0. The van der Waals surface area contributed by atoms with E-state index in [0.29, 0.717) is 11.4 Å². The second kappa shape index (κ2) is 7.43. The lowest BCUT2D eigenvalue weighted by Gasteiger charge is -2.09. The van der Waals surface area contributed by atoms with Crippen molar-refractivity contribution in [3.05, 3.63) is 63.3 Å². The first-order valence-corrected chi connectivity index (χ1v) is 7.43. The molecule has 8 nitrogen and oxygen atoms in total. The summed E-state index contributed by atoms with van der Waals surface area (Å²) in [6, 6.07) is 6.63. The van der Waals surface area contributed by atoms with E-state index in [4.69, 9.17) is 0 Å². The van der Waals surface area contributed by atoms with Crippen molar-refractivity contribution in [1.82, 2.24) is 9.55 Å². The summed E-state index contributed by atoms with van der Waals surface area (Å²) >= 11 is 0. The van der Waals surface area contributed by atoms with Crippen LogP contribution in [0.5, 0.6) is 5.88 Å². The second-order valence-corrected chi connectivity index (χ2v) is 5.28. The van der Waals surface area contributed by atoms with Crippen LogP contribution in [0.2, 0.25) is 0 Å². The zero-order chi connectivity index (χ0) is 18.6. The van der Waals surface area contributed by atoms with E-state index < -0.39 is 17.1 Å². The van der Waals surface area contributed by atoms with Gasteiger partial charge in [0.25, 0.3) is 5.56 Å². The van der Waals surface area contributed by atoms with Crippen molar-refractivity contribution in [1.29, 1.82) is 0 Å². The average molecular weight is 342 g/mol. The number of aromatic nitrogens is 2. The molecule has 0 aliphatic carbocycles. The molecule has 0 fully saturated rings. The molecule has 130 valence electrons. The highest BCUT2D eigenvalue weighted by molar-refractivity contribution is 6.01. The summed E-state index contributed by atoms with van der Waals surface area (Å²) in [7, 11) is 0. The predicted molar refractivity (Wildman–Crippen MR) is 95.8 cm³/mol. The van der Waals surface area contributed by atoms with Crippen molar-refractivity contribution in [2.24, 2.45) is 4.99 Å². The van der Waals surface area contributed by atoms with Gasteiger partial charge in [-0.3, -0.25) is 24.1 Å². The molecule has 0 aliphatic heterocycles. The quantitative estimate of drug-likeness (QED) is 0.564. The smallest absolute Gasteiger partial charge is 0.331 e. The standard InChI is InChI=1S/C17H18N4O4/c1-4-9-21-16(24)14(15(23)20-17(21)25)10(2)18-12-5-7-13(8-6-12)19-11(3)22/h4-8,24H,1,9H2,2-3H3,(H,19,22)(H,20,23,25).